The van der Waals surface area contributed by atoms with Gasteiger partial charge in [-0.05, 0) is 37.0 Å². The predicted molar refractivity (Wildman–Crippen MR) is 79.7 cm³/mol. The summed E-state index contributed by atoms with van der Waals surface area (Å²) >= 11 is 0. The van der Waals surface area contributed by atoms with Crippen LogP contribution in [0.15, 0.2) is 49.1 Å². The van der Waals surface area contributed by atoms with Gasteiger partial charge in [0.05, 0.1) is 5.69 Å². The number of allylic oxidation sites excluding steroid dienone is 2. The molecule has 0 saturated heterocycles. The van der Waals surface area contributed by atoms with Crippen molar-refractivity contribution in [2.45, 2.75) is 25.8 Å². The van der Waals surface area contributed by atoms with Crippen LogP contribution < -0.4 is 5.32 Å². The number of carbonyl (C=O) groups excluding carboxylic acids is 1. The fraction of sp³-hybridized carbons (Fsp3) is 0.312. The molecule has 1 amide bonds. The summed E-state index contributed by atoms with van der Waals surface area (Å²) in [7, 11) is 0. The number of amides is 1. The van der Waals surface area contributed by atoms with Crippen LogP contribution in [0.1, 0.15) is 24.8 Å². The molecule has 108 valence electrons. The number of benzene rings is 1. The quantitative estimate of drug-likeness (QED) is 0.875. The van der Waals surface area contributed by atoms with E-state index in [0.717, 1.165) is 30.5 Å². The Morgan fingerprint density at radius 1 is 1.29 bits per heavy atom. The topological polar surface area (TPSA) is 59.8 Å². The number of carbonyl (C=O) groups is 1. The third-order valence-corrected chi connectivity index (χ3v) is 3.73. The third-order valence-electron chi connectivity index (χ3n) is 3.73. The number of rotatable bonds is 4. The predicted octanol–water partition coefficient (Wildman–Crippen LogP) is 2.24. The summed E-state index contributed by atoms with van der Waals surface area (Å²) in [5, 5.41) is 7.10. The van der Waals surface area contributed by atoms with Gasteiger partial charge in [0.2, 0.25) is 5.91 Å². The van der Waals surface area contributed by atoms with Crippen LogP contribution in [0.2, 0.25) is 0 Å². The minimum atomic E-state index is 0.129. The Labute approximate surface area is 123 Å². The highest BCUT2D eigenvalue weighted by Gasteiger charge is 2.17. The molecular weight excluding hydrogens is 264 g/mol. The summed E-state index contributed by atoms with van der Waals surface area (Å²) in [5.41, 5.74) is 2.04. The second kappa shape index (κ2) is 6.35. The first-order valence-corrected chi connectivity index (χ1v) is 7.19. The monoisotopic (exact) mass is 282 g/mol. The Bertz CT molecular complexity index is 616. The van der Waals surface area contributed by atoms with Crippen LogP contribution in [-0.4, -0.2) is 20.7 Å². The number of hydrogen-bond donors (Lipinski definition) is 1. The molecule has 5 nitrogen and oxygen atoms in total. The first-order valence-electron chi connectivity index (χ1n) is 7.19. The van der Waals surface area contributed by atoms with Crippen molar-refractivity contribution in [3.8, 4) is 5.69 Å². The smallest absolute Gasteiger partial charge is 0.223 e. The van der Waals surface area contributed by atoms with E-state index in [2.05, 4.69) is 27.6 Å². The molecule has 0 radical (unpaired) electrons. The zero-order valence-electron chi connectivity index (χ0n) is 11.8. The lowest BCUT2D eigenvalue weighted by atomic mass is 9.93. The molecule has 2 aromatic rings. The van der Waals surface area contributed by atoms with Crippen molar-refractivity contribution in [1.82, 2.24) is 20.1 Å². The molecule has 1 atom stereocenters. The first-order chi connectivity index (χ1) is 10.3. The van der Waals surface area contributed by atoms with Gasteiger partial charge in [0, 0.05) is 12.5 Å². The van der Waals surface area contributed by atoms with E-state index < -0.39 is 0 Å². The molecule has 0 spiro atoms. The van der Waals surface area contributed by atoms with E-state index in [-0.39, 0.29) is 11.8 Å². The minimum absolute atomic E-state index is 0.129. The molecule has 3 rings (SSSR count). The van der Waals surface area contributed by atoms with Gasteiger partial charge in [0.1, 0.15) is 12.7 Å². The fourth-order valence-electron chi connectivity index (χ4n) is 2.47. The van der Waals surface area contributed by atoms with Crippen molar-refractivity contribution in [1.29, 1.82) is 0 Å². The van der Waals surface area contributed by atoms with Gasteiger partial charge in [-0.1, -0.05) is 24.3 Å². The van der Waals surface area contributed by atoms with Gasteiger partial charge in [-0.25, -0.2) is 9.67 Å². The van der Waals surface area contributed by atoms with Crippen LogP contribution in [0.4, 0.5) is 0 Å². The molecule has 5 heteroatoms. The van der Waals surface area contributed by atoms with Crippen LogP contribution in [0, 0.1) is 5.92 Å². The van der Waals surface area contributed by atoms with Crippen LogP contribution in [0.5, 0.6) is 0 Å². The van der Waals surface area contributed by atoms with Crippen LogP contribution >= 0.6 is 0 Å². The average Bonchev–Trinajstić information content (AvgIpc) is 3.08. The van der Waals surface area contributed by atoms with Gasteiger partial charge in [-0.3, -0.25) is 4.79 Å². The Morgan fingerprint density at radius 2 is 2.14 bits per heavy atom. The van der Waals surface area contributed by atoms with Gasteiger partial charge in [-0.2, -0.15) is 5.10 Å². The normalized spacial score (nSPS) is 17.6. The van der Waals surface area contributed by atoms with Crippen molar-refractivity contribution >= 4 is 5.91 Å². The molecular formula is C16H18N4O. The summed E-state index contributed by atoms with van der Waals surface area (Å²) in [6, 6.07) is 7.94. The molecule has 0 aliphatic heterocycles. The van der Waals surface area contributed by atoms with Gasteiger partial charge in [-0.15, -0.1) is 0 Å². The van der Waals surface area contributed by atoms with Crippen molar-refractivity contribution in [3.63, 3.8) is 0 Å². The highest BCUT2D eigenvalue weighted by atomic mass is 16.1. The Balaban J connectivity index is 1.56. The summed E-state index contributed by atoms with van der Waals surface area (Å²) in [6.45, 7) is 0.566. The van der Waals surface area contributed by atoms with Gasteiger partial charge in [0.15, 0.2) is 0 Å². The highest BCUT2D eigenvalue weighted by Crippen LogP contribution is 2.18. The zero-order valence-corrected chi connectivity index (χ0v) is 11.8. The maximum atomic E-state index is 12.1. The molecule has 1 aliphatic rings. The maximum absolute atomic E-state index is 12.1. The number of hydrogen-bond acceptors (Lipinski definition) is 3. The van der Waals surface area contributed by atoms with Crippen molar-refractivity contribution in [2.75, 3.05) is 0 Å². The second-order valence-corrected chi connectivity index (χ2v) is 5.21. The van der Waals surface area contributed by atoms with Gasteiger partial charge < -0.3 is 5.32 Å². The van der Waals surface area contributed by atoms with Gasteiger partial charge in [0.25, 0.3) is 0 Å². The van der Waals surface area contributed by atoms with E-state index in [1.165, 1.54) is 6.33 Å². The van der Waals surface area contributed by atoms with E-state index in [1.807, 2.05) is 24.3 Å². The van der Waals surface area contributed by atoms with Crippen molar-refractivity contribution in [2.24, 2.45) is 5.92 Å². The lowest BCUT2D eigenvalue weighted by Gasteiger charge is -2.17. The number of nitrogens with zero attached hydrogens (tertiary/aromatic N) is 3. The molecule has 21 heavy (non-hydrogen) atoms. The molecule has 0 bridgehead atoms. The van der Waals surface area contributed by atoms with E-state index in [1.54, 1.807) is 11.0 Å². The SMILES string of the molecule is O=C(NCc1ccc(-n2cncn2)cc1)C1CC=CCC1. The molecule has 1 aromatic carbocycles. The molecule has 0 fully saturated rings. The van der Waals surface area contributed by atoms with E-state index in [9.17, 15) is 4.79 Å². The maximum Gasteiger partial charge on any atom is 0.223 e. The van der Waals surface area contributed by atoms with Crippen molar-refractivity contribution < 1.29 is 4.79 Å². The summed E-state index contributed by atoms with van der Waals surface area (Å²) < 4.78 is 1.71. The summed E-state index contributed by atoms with van der Waals surface area (Å²) in [6.07, 6.45) is 10.2. The molecule has 1 unspecified atom stereocenters. The lowest BCUT2D eigenvalue weighted by molar-refractivity contribution is -0.125. The third kappa shape index (κ3) is 3.37. The summed E-state index contributed by atoms with van der Waals surface area (Å²) in [5.74, 6) is 0.282. The Hall–Kier alpha value is -2.43. The van der Waals surface area contributed by atoms with Crippen molar-refractivity contribution in [3.05, 3.63) is 54.6 Å². The van der Waals surface area contributed by atoms with Crippen LogP contribution in [-0.2, 0) is 11.3 Å². The molecule has 0 saturated carbocycles. The van der Waals surface area contributed by atoms with Gasteiger partial charge >= 0.3 is 0 Å². The Kier molecular flexibility index (Phi) is 4.09. The number of aromatic nitrogens is 3. The Morgan fingerprint density at radius 3 is 2.81 bits per heavy atom. The minimum Gasteiger partial charge on any atom is -0.352 e. The molecule has 1 heterocycles. The standard InChI is InChI=1S/C16H18N4O/c21-16(14-4-2-1-3-5-14)18-10-13-6-8-15(9-7-13)20-12-17-11-19-20/h1-2,6-9,11-12,14H,3-5,10H2,(H,18,21). The average molecular weight is 282 g/mol. The fourth-order valence-corrected chi connectivity index (χ4v) is 2.47. The molecule has 1 aromatic heterocycles. The van der Waals surface area contributed by atoms with E-state index in [4.69, 9.17) is 0 Å². The zero-order chi connectivity index (χ0) is 14.5. The second-order valence-electron chi connectivity index (χ2n) is 5.21. The van der Waals surface area contributed by atoms with Crippen LogP contribution in [0.3, 0.4) is 0 Å². The first kappa shape index (κ1) is 13.5. The highest BCUT2D eigenvalue weighted by molar-refractivity contribution is 5.78. The van der Waals surface area contributed by atoms with Crippen LogP contribution in [0.25, 0.3) is 5.69 Å². The van der Waals surface area contributed by atoms with E-state index >= 15 is 0 Å². The summed E-state index contributed by atoms with van der Waals surface area (Å²) in [4.78, 5) is 16.0. The lowest BCUT2D eigenvalue weighted by Crippen LogP contribution is -2.30. The molecule has 1 N–H and O–H groups in total. The number of nitrogens with one attached hydrogen (secondary N) is 1. The molecule has 1 aliphatic carbocycles. The largest absolute Gasteiger partial charge is 0.352 e. The van der Waals surface area contributed by atoms with E-state index in [0.29, 0.717) is 6.54 Å².